The van der Waals surface area contributed by atoms with E-state index in [9.17, 15) is 4.79 Å². The Kier molecular flexibility index (Phi) is 6.35. The van der Waals surface area contributed by atoms with Crippen LogP contribution in [-0.4, -0.2) is 11.7 Å². The maximum absolute atomic E-state index is 11.8. The van der Waals surface area contributed by atoms with E-state index in [1.165, 1.54) is 0 Å². The van der Waals surface area contributed by atoms with E-state index in [1.54, 1.807) is 24.3 Å². The molecule has 0 aliphatic carbocycles. The van der Waals surface area contributed by atoms with Crippen LogP contribution in [0.4, 0.5) is 0 Å². The van der Waals surface area contributed by atoms with Crippen LogP contribution in [0, 0.1) is 11.3 Å². The first-order valence-electron chi connectivity index (χ1n) is 5.87. The molecule has 0 saturated carbocycles. The Hall–Kier alpha value is -1.33. The molecule has 0 aliphatic rings. The molecule has 90 valence electrons. The van der Waals surface area contributed by atoms with Crippen LogP contribution in [-0.2, 0) is 0 Å². The van der Waals surface area contributed by atoms with Crippen molar-refractivity contribution >= 4 is 17.4 Å². The molecule has 17 heavy (non-hydrogen) atoms. The van der Waals surface area contributed by atoms with Gasteiger partial charge >= 0.3 is 0 Å². The van der Waals surface area contributed by atoms with E-state index in [0.717, 1.165) is 25.7 Å². The van der Waals surface area contributed by atoms with Crippen molar-refractivity contribution in [1.29, 1.82) is 5.26 Å². The molecule has 0 amide bonds. The molecule has 0 aliphatic heterocycles. The van der Waals surface area contributed by atoms with Crippen molar-refractivity contribution in [3.63, 3.8) is 0 Å². The maximum atomic E-state index is 11.8. The third kappa shape index (κ3) is 5.01. The zero-order chi connectivity index (χ0) is 12.5. The second-order valence-electron chi connectivity index (χ2n) is 3.97. The zero-order valence-corrected chi connectivity index (χ0v) is 10.5. The predicted molar refractivity (Wildman–Crippen MR) is 69.3 cm³/mol. The molecule has 0 saturated heterocycles. The quantitative estimate of drug-likeness (QED) is 0.417. The van der Waals surface area contributed by atoms with Gasteiger partial charge in [0.05, 0.1) is 11.6 Å². The van der Waals surface area contributed by atoms with E-state index in [1.807, 2.05) is 6.07 Å². The number of rotatable bonds is 7. The highest BCUT2D eigenvalue weighted by Gasteiger charge is 2.05. The Balaban J connectivity index is 2.39. The first kappa shape index (κ1) is 13.7. The third-order valence-corrected chi connectivity index (χ3v) is 2.87. The van der Waals surface area contributed by atoms with Crippen molar-refractivity contribution in [3.05, 3.63) is 35.4 Å². The van der Waals surface area contributed by atoms with Crippen molar-refractivity contribution in [1.82, 2.24) is 0 Å². The zero-order valence-electron chi connectivity index (χ0n) is 9.79. The van der Waals surface area contributed by atoms with Crippen molar-refractivity contribution in [3.8, 4) is 6.07 Å². The first-order valence-corrected chi connectivity index (χ1v) is 6.40. The normalized spacial score (nSPS) is 9.88. The van der Waals surface area contributed by atoms with Crippen molar-refractivity contribution < 1.29 is 4.79 Å². The molecule has 1 rings (SSSR count). The number of benzene rings is 1. The number of hydrogen-bond donors (Lipinski definition) is 0. The summed E-state index contributed by atoms with van der Waals surface area (Å²) in [6.07, 6.45) is 4.58. The highest BCUT2D eigenvalue weighted by atomic mass is 35.5. The fourth-order valence-corrected chi connectivity index (χ4v) is 1.83. The number of Topliss-reactive ketones (excluding diaryl/α,β-unsaturated/α-hetero) is 1. The number of nitrogens with zero attached hydrogens (tertiary/aromatic N) is 1. The van der Waals surface area contributed by atoms with Crippen LogP contribution in [0.25, 0.3) is 0 Å². The second kappa shape index (κ2) is 7.86. The summed E-state index contributed by atoms with van der Waals surface area (Å²) in [5, 5.41) is 8.74. The molecule has 0 fully saturated rings. The van der Waals surface area contributed by atoms with Gasteiger partial charge in [-0.05, 0) is 25.0 Å². The summed E-state index contributed by atoms with van der Waals surface area (Å²) in [5.41, 5.74) is 1.18. The van der Waals surface area contributed by atoms with E-state index >= 15 is 0 Å². The molecule has 0 heterocycles. The van der Waals surface area contributed by atoms with E-state index in [0.29, 0.717) is 23.4 Å². The van der Waals surface area contributed by atoms with Crippen LogP contribution >= 0.6 is 11.6 Å². The molecular formula is C14H16ClNO. The van der Waals surface area contributed by atoms with Crippen molar-refractivity contribution in [2.75, 3.05) is 5.88 Å². The Morgan fingerprint density at radius 1 is 1.24 bits per heavy atom. The fourth-order valence-electron chi connectivity index (χ4n) is 1.64. The predicted octanol–water partition coefficient (Wildman–Crippen LogP) is 3.93. The van der Waals surface area contributed by atoms with Gasteiger partial charge in [0.2, 0.25) is 0 Å². The van der Waals surface area contributed by atoms with Crippen LogP contribution in [0.3, 0.4) is 0 Å². The number of halogens is 1. The topological polar surface area (TPSA) is 40.9 Å². The third-order valence-electron chi connectivity index (χ3n) is 2.60. The smallest absolute Gasteiger partial charge is 0.162 e. The number of carbonyl (C=O) groups is 1. The Bertz CT molecular complexity index is 409. The van der Waals surface area contributed by atoms with Gasteiger partial charge in [-0.3, -0.25) is 4.79 Å². The van der Waals surface area contributed by atoms with E-state index < -0.39 is 0 Å². The summed E-state index contributed by atoms with van der Waals surface area (Å²) in [6.45, 7) is 0. The van der Waals surface area contributed by atoms with Crippen molar-refractivity contribution in [2.24, 2.45) is 0 Å². The number of nitriles is 1. The van der Waals surface area contributed by atoms with Gasteiger partial charge in [-0.1, -0.05) is 25.0 Å². The number of alkyl halides is 1. The van der Waals surface area contributed by atoms with Gasteiger partial charge in [-0.15, -0.1) is 11.6 Å². The molecule has 0 atom stereocenters. The van der Waals surface area contributed by atoms with Crippen LogP contribution in [0.15, 0.2) is 24.3 Å². The molecule has 0 bridgehead atoms. The molecule has 3 heteroatoms. The molecule has 2 nitrogen and oxygen atoms in total. The number of ketones is 1. The van der Waals surface area contributed by atoms with Crippen molar-refractivity contribution in [2.45, 2.75) is 32.1 Å². The largest absolute Gasteiger partial charge is 0.294 e. The lowest BCUT2D eigenvalue weighted by molar-refractivity contribution is 0.0979. The van der Waals surface area contributed by atoms with E-state index in [-0.39, 0.29) is 5.78 Å². The van der Waals surface area contributed by atoms with Gasteiger partial charge < -0.3 is 0 Å². The minimum absolute atomic E-state index is 0.118. The Morgan fingerprint density at radius 3 is 2.71 bits per heavy atom. The lowest BCUT2D eigenvalue weighted by Crippen LogP contribution is -1.99. The molecular weight excluding hydrogens is 234 g/mol. The monoisotopic (exact) mass is 249 g/mol. The SMILES string of the molecule is N#Cc1cccc(C(=O)CCCCCCCl)c1. The number of unbranched alkanes of at least 4 members (excludes halogenated alkanes) is 3. The van der Waals surface area contributed by atoms with Gasteiger partial charge in [0, 0.05) is 17.9 Å². The van der Waals surface area contributed by atoms with Gasteiger partial charge in [0.15, 0.2) is 5.78 Å². The van der Waals surface area contributed by atoms with Gasteiger partial charge in [0.1, 0.15) is 0 Å². The molecule has 0 radical (unpaired) electrons. The molecule has 1 aromatic carbocycles. The minimum Gasteiger partial charge on any atom is -0.294 e. The Labute approximate surface area is 107 Å². The average Bonchev–Trinajstić information content (AvgIpc) is 2.38. The summed E-state index contributed by atoms with van der Waals surface area (Å²) in [6, 6.07) is 8.91. The van der Waals surface area contributed by atoms with Gasteiger partial charge in [-0.25, -0.2) is 0 Å². The lowest BCUT2D eigenvalue weighted by Gasteiger charge is -2.01. The van der Waals surface area contributed by atoms with Gasteiger partial charge in [-0.2, -0.15) is 5.26 Å². The fraction of sp³-hybridized carbons (Fsp3) is 0.429. The molecule has 0 N–H and O–H groups in total. The molecule has 0 spiro atoms. The van der Waals surface area contributed by atoms with E-state index in [2.05, 4.69) is 0 Å². The van der Waals surface area contributed by atoms with Crippen LogP contribution in [0.2, 0.25) is 0 Å². The lowest BCUT2D eigenvalue weighted by atomic mass is 10.0. The average molecular weight is 250 g/mol. The van der Waals surface area contributed by atoms with Gasteiger partial charge in [0.25, 0.3) is 0 Å². The number of carbonyl (C=O) groups excluding carboxylic acids is 1. The molecule has 1 aromatic rings. The molecule has 0 unspecified atom stereocenters. The summed E-state index contributed by atoms with van der Waals surface area (Å²) in [5.74, 6) is 0.811. The second-order valence-corrected chi connectivity index (χ2v) is 4.35. The van der Waals surface area contributed by atoms with Crippen LogP contribution < -0.4 is 0 Å². The summed E-state index contributed by atoms with van der Waals surface area (Å²) in [7, 11) is 0. The maximum Gasteiger partial charge on any atom is 0.162 e. The highest BCUT2D eigenvalue weighted by Crippen LogP contribution is 2.11. The number of hydrogen-bond acceptors (Lipinski definition) is 2. The summed E-state index contributed by atoms with van der Waals surface area (Å²) in [4.78, 5) is 11.8. The standard InChI is InChI=1S/C14H16ClNO/c15-9-4-2-1-3-8-14(17)13-7-5-6-12(10-13)11-16/h5-7,10H,1-4,8-9H2. The first-order chi connectivity index (χ1) is 8.27. The van der Waals surface area contributed by atoms with E-state index in [4.69, 9.17) is 16.9 Å². The van der Waals surface area contributed by atoms with Crippen LogP contribution in [0.1, 0.15) is 48.0 Å². The summed E-state index contributed by atoms with van der Waals surface area (Å²) >= 11 is 5.57. The Morgan fingerprint density at radius 2 is 2.00 bits per heavy atom. The minimum atomic E-state index is 0.118. The summed E-state index contributed by atoms with van der Waals surface area (Å²) < 4.78 is 0. The van der Waals surface area contributed by atoms with Crippen LogP contribution in [0.5, 0.6) is 0 Å². The highest BCUT2D eigenvalue weighted by molar-refractivity contribution is 6.17. The molecule has 0 aromatic heterocycles.